The molecule has 1 saturated heterocycles. The van der Waals surface area contributed by atoms with Gasteiger partial charge < -0.3 is 10.1 Å². The van der Waals surface area contributed by atoms with Crippen molar-refractivity contribution in [3.63, 3.8) is 0 Å². The average molecular weight is 665 g/mol. The number of amides is 1. The molecule has 0 aliphatic carbocycles. The number of hydrogen-bond donors (Lipinski definition) is 1. The molecule has 5 heterocycles. The molecular formula is C36H37ClN8O3. The maximum Gasteiger partial charge on any atom is 0.411 e. The molecule has 1 N–H and O–H groups in total. The number of rotatable bonds is 7. The zero-order valence-electron chi connectivity index (χ0n) is 27.4. The number of pyridine rings is 2. The Balaban J connectivity index is 1.29. The molecule has 0 spiro atoms. The van der Waals surface area contributed by atoms with Gasteiger partial charge in [0.05, 0.1) is 23.8 Å². The monoisotopic (exact) mass is 664 g/mol. The van der Waals surface area contributed by atoms with Crippen LogP contribution in [0.3, 0.4) is 0 Å². The lowest BCUT2D eigenvalue weighted by atomic mass is 9.95. The molecule has 2 atom stereocenters. The molecule has 2 unspecified atom stereocenters. The van der Waals surface area contributed by atoms with E-state index in [2.05, 4.69) is 28.4 Å². The fourth-order valence-electron chi connectivity index (χ4n) is 6.80. The average Bonchev–Trinajstić information content (AvgIpc) is 3.73. The lowest BCUT2D eigenvalue weighted by Gasteiger charge is -2.35. The Morgan fingerprint density at radius 2 is 1.88 bits per heavy atom. The van der Waals surface area contributed by atoms with Crippen LogP contribution in [0.2, 0.25) is 5.15 Å². The third-order valence-electron chi connectivity index (χ3n) is 9.08. The molecule has 1 aliphatic heterocycles. The van der Waals surface area contributed by atoms with Crippen molar-refractivity contribution in [3.8, 4) is 11.3 Å². The normalized spacial score (nSPS) is 15.6. The first-order chi connectivity index (χ1) is 23.2. The number of aryl methyl sites for hydroxylation is 3. The number of aromatic nitrogens is 6. The van der Waals surface area contributed by atoms with Crippen molar-refractivity contribution in [1.29, 1.82) is 0 Å². The highest BCUT2D eigenvalue weighted by Gasteiger charge is 2.32. The number of hydrogen-bond acceptors (Lipinski definition) is 7. The van der Waals surface area contributed by atoms with Gasteiger partial charge in [-0.2, -0.15) is 10.2 Å². The number of anilines is 1. The Hall–Kier alpha value is -5.16. The van der Waals surface area contributed by atoms with Crippen LogP contribution in [0.1, 0.15) is 55.1 Å². The minimum Gasteiger partial charge on any atom is -0.444 e. The summed E-state index contributed by atoms with van der Waals surface area (Å²) in [5.41, 5.74) is 5.67. The molecule has 1 aliphatic rings. The summed E-state index contributed by atoms with van der Waals surface area (Å²) < 4.78 is 10.9. The molecule has 246 valence electrons. The molecule has 0 bridgehead atoms. The van der Waals surface area contributed by atoms with Crippen molar-refractivity contribution in [2.24, 2.45) is 14.1 Å². The number of benzene rings is 2. The van der Waals surface area contributed by atoms with Crippen LogP contribution in [-0.4, -0.2) is 46.6 Å². The number of fused-ring (bicyclic) bond motifs is 3. The van der Waals surface area contributed by atoms with Crippen LogP contribution < -0.4 is 10.9 Å². The number of carbonyl (C=O) groups is 1. The van der Waals surface area contributed by atoms with E-state index in [1.165, 1.54) is 0 Å². The number of nitrogens with one attached hydrogen (secondary N) is 1. The summed E-state index contributed by atoms with van der Waals surface area (Å²) >= 11 is 6.32. The van der Waals surface area contributed by atoms with Gasteiger partial charge in [-0.3, -0.25) is 18.9 Å². The molecular weight excluding hydrogens is 628 g/mol. The Kier molecular flexibility index (Phi) is 8.38. The van der Waals surface area contributed by atoms with Gasteiger partial charge in [-0.25, -0.2) is 14.5 Å². The molecule has 2 aromatic carbocycles. The summed E-state index contributed by atoms with van der Waals surface area (Å²) in [7, 11) is 3.63. The largest absolute Gasteiger partial charge is 0.444 e. The molecule has 7 rings (SSSR count). The summed E-state index contributed by atoms with van der Waals surface area (Å²) in [5, 5.41) is 15.4. The second-order valence-corrected chi connectivity index (χ2v) is 12.9. The summed E-state index contributed by atoms with van der Waals surface area (Å²) in [6, 6.07) is 17.1. The maximum atomic E-state index is 14.1. The highest BCUT2D eigenvalue weighted by atomic mass is 35.5. The SMILES string of the molecule is Cc1cc(C(C)Nc2ccc(Cl)nc2-c2cnn(C)c2)c2c(c1)c(=O)n(C)c1c2cnn1C1CCCCN1C(=O)OCc1ccccc1. The van der Waals surface area contributed by atoms with Crippen LogP contribution in [0, 0.1) is 6.92 Å². The quantitative estimate of drug-likeness (QED) is 0.181. The van der Waals surface area contributed by atoms with Gasteiger partial charge in [0, 0.05) is 54.6 Å². The molecule has 6 aromatic rings. The minimum absolute atomic E-state index is 0.130. The Morgan fingerprint density at radius 3 is 2.65 bits per heavy atom. The lowest BCUT2D eigenvalue weighted by molar-refractivity contribution is 0.0451. The predicted octanol–water partition coefficient (Wildman–Crippen LogP) is 7.14. The Labute approximate surface area is 282 Å². The van der Waals surface area contributed by atoms with Gasteiger partial charge in [-0.1, -0.05) is 48.0 Å². The van der Waals surface area contributed by atoms with E-state index in [9.17, 15) is 9.59 Å². The number of nitrogens with zero attached hydrogens (tertiary/aromatic N) is 7. The molecule has 1 fully saturated rings. The standard InChI is InChI=1S/C36H37ClN8O3/c1-22-16-26(23(2)40-29-13-14-30(37)41-33(29)25-18-38-42(3)20-25)32-27(17-22)35(46)43(4)34-28(32)19-39-45(34)31-12-8-9-15-44(31)36(47)48-21-24-10-6-5-7-11-24/h5-7,10-11,13-14,16-20,23,31,40H,8-9,12,15,21H2,1-4H3. The van der Waals surface area contributed by atoms with Crippen LogP contribution in [-0.2, 0) is 25.4 Å². The van der Waals surface area contributed by atoms with Gasteiger partial charge in [0.2, 0.25) is 0 Å². The van der Waals surface area contributed by atoms with E-state index >= 15 is 0 Å². The number of halogens is 1. The highest BCUT2D eigenvalue weighted by Crippen LogP contribution is 2.37. The van der Waals surface area contributed by atoms with Crippen LogP contribution in [0.5, 0.6) is 0 Å². The molecule has 1 amide bonds. The van der Waals surface area contributed by atoms with Crippen LogP contribution in [0.4, 0.5) is 10.5 Å². The van der Waals surface area contributed by atoms with E-state index in [0.717, 1.165) is 51.6 Å². The van der Waals surface area contributed by atoms with Crippen molar-refractivity contribution in [2.45, 2.75) is 51.9 Å². The lowest BCUT2D eigenvalue weighted by Crippen LogP contribution is -2.42. The topological polar surface area (TPSA) is 112 Å². The molecule has 12 heteroatoms. The van der Waals surface area contributed by atoms with Crippen molar-refractivity contribution in [1.82, 2.24) is 34.0 Å². The Bertz CT molecular complexity index is 2210. The molecule has 4 aromatic heterocycles. The number of ether oxygens (including phenoxy) is 1. The fraction of sp³-hybridized carbons (Fsp3) is 0.306. The van der Waals surface area contributed by atoms with E-state index in [-0.39, 0.29) is 18.2 Å². The first-order valence-corrected chi connectivity index (χ1v) is 16.5. The number of carbonyl (C=O) groups excluding carboxylic acids is 1. The minimum atomic E-state index is -0.395. The van der Waals surface area contributed by atoms with Crippen LogP contribution in [0.15, 0.2) is 78.0 Å². The smallest absolute Gasteiger partial charge is 0.411 e. The maximum absolute atomic E-state index is 14.1. The summed E-state index contributed by atoms with van der Waals surface area (Å²) in [6.07, 6.45) is 7.16. The first kappa shape index (κ1) is 31.4. The second kappa shape index (κ2) is 12.8. The van der Waals surface area contributed by atoms with Crippen LogP contribution >= 0.6 is 11.6 Å². The second-order valence-electron chi connectivity index (χ2n) is 12.5. The number of piperidine rings is 1. The summed E-state index contributed by atoms with van der Waals surface area (Å²) in [6.45, 7) is 4.79. The van der Waals surface area contributed by atoms with E-state index in [4.69, 9.17) is 21.4 Å². The van der Waals surface area contributed by atoms with Gasteiger partial charge in [0.1, 0.15) is 23.6 Å². The molecule has 48 heavy (non-hydrogen) atoms. The van der Waals surface area contributed by atoms with Crippen LogP contribution in [0.25, 0.3) is 33.1 Å². The van der Waals surface area contributed by atoms with E-state index in [1.54, 1.807) is 33.5 Å². The van der Waals surface area contributed by atoms with Crippen molar-refractivity contribution in [2.75, 3.05) is 11.9 Å². The van der Waals surface area contributed by atoms with E-state index in [0.29, 0.717) is 34.8 Å². The van der Waals surface area contributed by atoms with Crippen molar-refractivity contribution < 1.29 is 9.53 Å². The third-order valence-corrected chi connectivity index (χ3v) is 9.29. The van der Waals surface area contributed by atoms with Crippen molar-refractivity contribution in [3.05, 3.63) is 105 Å². The van der Waals surface area contributed by atoms with Gasteiger partial charge in [0.15, 0.2) is 0 Å². The zero-order chi connectivity index (χ0) is 33.5. The van der Waals surface area contributed by atoms with Gasteiger partial charge >= 0.3 is 6.09 Å². The zero-order valence-corrected chi connectivity index (χ0v) is 28.1. The van der Waals surface area contributed by atoms with Crippen molar-refractivity contribution >= 4 is 45.2 Å². The van der Waals surface area contributed by atoms with Gasteiger partial charge in [0.25, 0.3) is 5.56 Å². The Morgan fingerprint density at radius 1 is 1.06 bits per heavy atom. The first-order valence-electron chi connectivity index (χ1n) is 16.1. The predicted molar refractivity (Wildman–Crippen MR) is 187 cm³/mol. The third kappa shape index (κ3) is 5.79. The highest BCUT2D eigenvalue weighted by molar-refractivity contribution is 6.29. The van der Waals surface area contributed by atoms with Gasteiger partial charge in [-0.05, 0) is 68.0 Å². The summed E-state index contributed by atoms with van der Waals surface area (Å²) in [5.74, 6) is 0. The molecule has 0 saturated carbocycles. The van der Waals surface area contributed by atoms with Gasteiger partial charge in [-0.15, -0.1) is 0 Å². The summed E-state index contributed by atoms with van der Waals surface area (Å²) in [4.78, 5) is 33.9. The fourth-order valence-corrected chi connectivity index (χ4v) is 6.94. The van der Waals surface area contributed by atoms with E-state index in [1.807, 2.05) is 73.5 Å². The number of likely N-dealkylation sites (tertiary alicyclic amines) is 1. The van der Waals surface area contributed by atoms with E-state index < -0.39 is 12.3 Å². The molecule has 0 radical (unpaired) electrons. The molecule has 11 nitrogen and oxygen atoms in total.